The van der Waals surface area contributed by atoms with Crippen LogP contribution in [0.5, 0.6) is 0 Å². The molecule has 1 amide bonds. The molecule has 0 aliphatic carbocycles. The lowest BCUT2D eigenvalue weighted by Gasteiger charge is -2.30. The molecule has 128 valence electrons. The monoisotopic (exact) mass is 336 g/mol. The van der Waals surface area contributed by atoms with Crippen LogP contribution in [0.15, 0.2) is 48.8 Å². The second-order valence-electron chi connectivity index (χ2n) is 6.37. The molecule has 6 nitrogen and oxygen atoms in total. The van der Waals surface area contributed by atoms with E-state index in [2.05, 4.69) is 32.7 Å². The number of nitrogens with one attached hydrogen (secondary N) is 3. The summed E-state index contributed by atoms with van der Waals surface area (Å²) in [6.45, 7) is 0.946. The van der Waals surface area contributed by atoms with Gasteiger partial charge >= 0.3 is 0 Å². The van der Waals surface area contributed by atoms with Crippen molar-refractivity contribution in [2.24, 2.45) is 0 Å². The Balaban J connectivity index is 1.37. The maximum absolute atomic E-state index is 12.3. The number of fused-ring (bicyclic) bond motifs is 2. The number of aromatic amines is 1. The van der Waals surface area contributed by atoms with Crippen LogP contribution in [0.4, 0.5) is 0 Å². The van der Waals surface area contributed by atoms with Crippen LogP contribution in [0.3, 0.4) is 0 Å². The summed E-state index contributed by atoms with van der Waals surface area (Å²) in [5, 5.41) is 16.6. The first-order valence-corrected chi connectivity index (χ1v) is 8.40. The predicted molar refractivity (Wildman–Crippen MR) is 95.2 cm³/mol. The fraction of sp³-hybridized carbons (Fsp3) is 0.263. The number of amides is 1. The van der Waals surface area contributed by atoms with Gasteiger partial charge in [0.15, 0.2) is 0 Å². The summed E-state index contributed by atoms with van der Waals surface area (Å²) in [5.41, 5.74) is 4.70. The van der Waals surface area contributed by atoms with Crippen LogP contribution in [-0.2, 0) is 13.0 Å². The molecule has 2 heterocycles. The molecular weight excluding hydrogens is 316 g/mol. The molecule has 1 unspecified atom stereocenters. The minimum Gasteiger partial charge on any atom is -0.390 e. The van der Waals surface area contributed by atoms with Crippen molar-refractivity contribution in [1.29, 1.82) is 0 Å². The van der Waals surface area contributed by atoms with Gasteiger partial charge in [0.05, 0.1) is 23.5 Å². The average molecular weight is 336 g/mol. The lowest BCUT2D eigenvalue weighted by Crippen LogP contribution is -2.49. The Kier molecular flexibility index (Phi) is 4.21. The van der Waals surface area contributed by atoms with Gasteiger partial charge in [-0.15, -0.1) is 0 Å². The SMILES string of the molecule is O=C(NCC(O)[C@@H]1Cc2ccccc2CN1)c1ccc2nc[nH]c2c1. The molecule has 1 aromatic heterocycles. The number of benzene rings is 2. The van der Waals surface area contributed by atoms with E-state index in [0.29, 0.717) is 5.56 Å². The highest BCUT2D eigenvalue weighted by Gasteiger charge is 2.24. The van der Waals surface area contributed by atoms with Gasteiger partial charge in [-0.3, -0.25) is 4.79 Å². The Morgan fingerprint density at radius 2 is 2.12 bits per heavy atom. The van der Waals surface area contributed by atoms with E-state index in [1.165, 1.54) is 11.1 Å². The molecule has 0 saturated heterocycles. The van der Waals surface area contributed by atoms with Gasteiger partial charge < -0.3 is 20.7 Å². The van der Waals surface area contributed by atoms with E-state index >= 15 is 0 Å². The fourth-order valence-electron chi connectivity index (χ4n) is 3.27. The first kappa shape index (κ1) is 15.8. The number of imidazole rings is 1. The van der Waals surface area contributed by atoms with Crippen LogP contribution in [0.2, 0.25) is 0 Å². The summed E-state index contributed by atoms with van der Waals surface area (Å²) in [6.07, 6.45) is 1.71. The lowest BCUT2D eigenvalue weighted by molar-refractivity contribution is 0.0870. The average Bonchev–Trinajstić information content (AvgIpc) is 3.13. The number of hydrogen-bond donors (Lipinski definition) is 4. The van der Waals surface area contributed by atoms with E-state index in [0.717, 1.165) is 24.0 Å². The van der Waals surface area contributed by atoms with Gasteiger partial charge in [0.1, 0.15) is 0 Å². The number of aliphatic hydroxyl groups is 1. The largest absolute Gasteiger partial charge is 0.390 e. The predicted octanol–water partition coefficient (Wildman–Crippen LogP) is 1.37. The molecule has 0 bridgehead atoms. The van der Waals surface area contributed by atoms with Crippen molar-refractivity contribution >= 4 is 16.9 Å². The van der Waals surface area contributed by atoms with Crippen LogP contribution >= 0.6 is 0 Å². The quantitative estimate of drug-likeness (QED) is 0.579. The minimum absolute atomic E-state index is 0.0645. The van der Waals surface area contributed by atoms with E-state index in [9.17, 15) is 9.90 Å². The number of aliphatic hydroxyl groups excluding tert-OH is 1. The third kappa shape index (κ3) is 3.26. The van der Waals surface area contributed by atoms with Gasteiger partial charge in [0.25, 0.3) is 5.91 Å². The van der Waals surface area contributed by atoms with Crippen LogP contribution < -0.4 is 10.6 Å². The maximum Gasteiger partial charge on any atom is 0.251 e. The second-order valence-corrected chi connectivity index (χ2v) is 6.37. The van der Waals surface area contributed by atoms with E-state index in [1.54, 1.807) is 24.5 Å². The highest BCUT2D eigenvalue weighted by molar-refractivity contribution is 5.97. The van der Waals surface area contributed by atoms with Crippen LogP contribution in [0.1, 0.15) is 21.5 Å². The number of carbonyl (C=O) groups excluding carboxylic acids is 1. The Morgan fingerprint density at radius 3 is 3.00 bits per heavy atom. The third-order valence-electron chi connectivity index (χ3n) is 4.73. The molecule has 0 radical (unpaired) electrons. The Morgan fingerprint density at radius 1 is 1.28 bits per heavy atom. The molecule has 1 aliphatic rings. The molecule has 4 rings (SSSR count). The van der Waals surface area contributed by atoms with Gasteiger partial charge in [0.2, 0.25) is 0 Å². The zero-order valence-corrected chi connectivity index (χ0v) is 13.7. The standard InChI is InChI=1S/C19H20N4O2/c24-18(17-7-12-3-1-2-4-14(12)9-20-17)10-21-19(25)13-5-6-15-16(8-13)23-11-22-15/h1-6,8,11,17-18,20,24H,7,9-10H2,(H,21,25)(H,22,23)/t17-,18?/m0/s1. The van der Waals surface area contributed by atoms with E-state index in [1.807, 2.05) is 12.1 Å². The zero-order valence-electron chi connectivity index (χ0n) is 13.7. The topological polar surface area (TPSA) is 90.0 Å². The van der Waals surface area contributed by atoms with Crippen molar-refractivity contribution in [2.75, 3.05) is 6.54 Å². The van der Waals surface area contributed by atoms with E-state index in [4.69, 9.17) is 0 Å². The summed E-state index contributed by atoms with van der Waals surface area (Å²) >= 11 is 0. The molecule has 0 saturated carbocycles. The number of nitrogens with zero attached hydrogens (tertiary/aromatic N) is 1. The fourth-order valence-corrected chi connectivity index (χ4v) is 3.27. The number of aromatic nitrogens is 2. The molecule has 1 aliphatic heterocycles. The van der Waals surface area contributed by atoms with Gasteiger partial charge in [-0.1, -0.05) is 24.3 Å². The first-order chi connectivity index (χ1) is 12.2. The maximum atomic E-state index is 12.3. The van der Waals surface area contributed by atoms with Crippen molar-refractivity contribution in [3.05, 3.63) is 65.5 Å². The Bertz CT molecular complexity index is 905. The van der Waals surface area contributed by atoms with Crippen LogP contribution in [-0.4, -0.2) is 39.7 Å². The molecular formula is C19H20N4O2. The van der Waals surface area contributed by atoms with E-state index in [-0.39, 0.29) is 18.5 Å². The van der Waals surface area contributed by atoms with E-state index < -0.39 is 6.10 Å². The number of carbonyl (C=O) groups is 1. The molecule has 3 aromatic rings. The molecule has 6 heteroatoms. The molecule has 4 N–H and O–H groups in total. The third-order valence-corrected chi connectivity index (χ3v) is 4.73. The lowest BCUT2D eigenvalue weighted by atomic mass is 9.93. The molecule has 2 atom stereocenters. The molecule has 0 fully saturated rings. The summed E-state index contributed by atoms with van der Waals surface area (Å²) in [4.78, 5) is 19.4. The van der Waals surface area contributed by atoms with Crippen molar-refractivity contribution in [3.8, 4) is 0 Å². The molecule has 25 heavy (non-hydrogen) atoms. The van der Waals surface area contributed by atoms with Crippen molar-refractivity contribution in [1.82, 2.24) is 20.6 Å². The van der Waals surface area contributed by atoms with Crippen LogP contribution in [0, 0.1) is 0 Å². The van der Waals surface area contributed by atoms with Gasteiger partial charge in [-0.2, -0.15) is 0 Å². The molecule has 2 aromatic carbocycles. The normalized spacial score (nSPS) is 17.9. The smallest absolute Gasteiger partial charge is 0.251 e. The Labute approximate surface area is 145 Å². The highest BCUT2D eigenvalue weighted by atomic mass is 16.3. The van der Waals surface area contributed by atoms with Gasteiger partial charge in [-0.05, 0) is 35.7 Å². The summed E-state index contributed by atoms with van der Waals surface area (Å²) in [6, 6.07) is 13.5. The second kappa shape index (κ2) is 6.66. The van der Waals surface area contributed by atoms with Gasteiger partial charge in [0, 0.05) is 24.7 Å². The number of rotatable bonds is 4. The van der Waals surface area contributed by atoms with Crippen LogP contribution in [0.25, 0.3) is 11.0 Å². The highest BCUT2D eigenvalue weighted by Crippen LogP contribution is 2.18. The van der Waals surface area contributed by atoms with Crippen molar-refractivity contribution < 1.29 is 9.90 Å². The first-order valence-electron chi connectivity index (χ1n) is 8.40. The number of hydrogen-bond acceptors (Lipinski definition) is 4. The minimum atomic E-state index is -0.645. The summed E-state index contributed by atoms with van der Waals surface area (Å²) in [5.74, 6) is -0.202. The van der Waals surface area contributed by atoms with Crippen molar-refractivity contribution in [2.45, 2.75) is 25.1 Å². The number of H-pyrrole nitrogens is 1. The van der Waals surface area contributed by atoms with Gasteiger partial charge in [-0.25, -0.2) is 4.98 Å². The summed E-state index contributed by atoms with van der Waals surface area (Å²) in [7, 11) is 0. The Hall–Kier alpha value is -2.70. The molecule has 0 spiro atoms. The van der Waals surface area contributed by atoms with Crippen molar-refractivity contribution in [3.63, 3.8) is 0 Å². The summed E-state index contributed by atoms with van der Waals surface area (Å²) < 4.78 is 0. The zero-order chi connectivity index (χ0) is 17.2.